The molecular weight excluding hydrogens is 250 g/mol. The summed E-state index contributed by atoms with van der Waals surface area (Å²) >= 11 is 0. The van der Waals surface area contributed by atoms with Gasteiger partial charge in [0.25, 0.3) is 0 Å². The van der Waals surface area contributed by atoms with Crippen LogP contribution in [-0.4, -0.2) is 35.7 Å². The lowest BCUT2D eigenvalue weighted by atomic mass is 10.4. The zero-order valence-corrected chi connectivity index (χ0v) is 11.6. The normalized spacial score (nSPS) is 16.1. The van der Waals surface area contributed by atoms with Crippen LogP contribution in [-0.2, 0) is 22.9 Å². The molecule has 18 heavy (non-hydrogen) atoms. The van der Waals surface area contributed by atoms with E-state index in [1.807, 2.05) is 16.9 Å². The van der Waals surface area contributed by atoms with Gasteiger partial charge < -0.3 is 5.32 Å². The molecule has 0 spiro atoms. The molecule has 1 aliphatic carbocycles. The summed E-state index contributed by atoms with van der Waals surface area (Å²) in [5, 5.41) is 7.82. The van der Waals surface area contributed by atoms with Crippen LogP contribution in [0.5, 0.6) is 0 Å². The zero-order valence-electron chi connectivity index (χ0n) is 10.8. The Morgan fingerprint density at radius 1 is 1.50 bits per heavy atom. The Morgan fingerprint density at radius 3 is 2.94 bits per heavy atom. The molecule has 0 unspecified atom stereocenters. The van der Waals surface area contributed by atoms with E-state index in [0.717, 1.165) is 12.2 Å². The van der Waals surface area contributed by atoms with E-state index in [1.54, 1.807) is 6.92 Å². The highest BCUT2D eigenvalue weighted by molar-refractivity contribution is 7.91. The second-order valence-corrected chi connectivity index (χ2v) is 7.29. The van der Waals surface area contributed by atoms with Crippen LogP contribution in [0.3, 0.4) is 0 Å². The first-order valence-electron chi connectivity index (χ1n) is 6.55. The molecule has 0 atom stereocenters. The molecule has 1 aromatic heterocycles. The van der Waals surface area contributed by atoms with Crippen molar-refractivity contribution in [2.45, 2.75) is 45.3 Å². The highest BCUT2D eigenvalue weighted by atomic mass is 32.2. The average molecular weight is 271 g/mol. The molecule has 1 heterocycles. The fourth-order valence-corrected chi connectivity index (χ4v) is 2.61. The first kappa shape index (κ1) is 13.5. The van der Waals surface area contributed by atoms with Crippen molar-refractivity contribution >= 4 is 9.84 Å². The first-order chi connectivity index (χ1) is 8.59. The van der Waals surface area contributed by atoms with Crippen molar-refractivity contribution in [2.75, 3.05) is 11.5 Å². The fourth-order valence-electron chi connectivity index (χ4n) is 1.75. The number of nitrogens with one attached hydrogen (secondary N) is 1. The monoisotopic (exact) mass is 271 g/mol. The summed E-state index contributed by atoms with van der Waals surface area (Å²) in [5.41, 5.74) is 1.03. The molecular formula is C12H21N3O2S. The smallest absolute Gasteiger partial charge is 0.150 e. The van der Waals surface area contributed by atoms with Gasteiger partial charge in [-0.15, -0.1) is 0 Å². The molecule has 0 radical (unpaired) electrons. The molecule has 0 amide bonds. The number of hydrogen-bond acceptors (Lipinski definition) is 4. The van der Waals surface area contributed by atoms with E-state index in [2.05, 4.69) is 10.4 Å². The molecule has 0 aromatic carbocycles. The molecule has 5 nitrogen and oxygen atoms in total. The van der Waals surface area contributed by atoms with Crippen molar-refractivity contribution in [1.82, 2.24) is 15.1 Å². The predicted molar refractivity (Wildman–Crippen MR) is 71.0 cm³/mol. The molecule has 2 rings (SSSR count). The summed E-state index contributed by atoms with van der Waals surface area (Å²) in [5.74, 6) is 0.474. The summed E-state index contributed by atoms with van der Waals surface area (Å²) in [7, 11) is -2.85. The zero-order chi connectivity index (χ0) is 13.0. The van der Waals surface area contributed by atoms with Gasteiger partial charge in [0.15, 0.2) is 0 Å². The van der Waals surface area contributed by atoms with Crippen LogP contribution in [0.1, 0.15) is 31.9 Å². The van der Waals surface area contributed by atoms with E-state index in [4.69, 9.17) is 0 Å². The Bertz CT molecular complexity index is 477. The number of aryl methyl sites for hydroxylation is 1. The Labute approximate surface area is 108 Å². The third kappa shape index (κ3) is 4.42. The maximum Gasteiger partial charge on any atom is 0.150 e. The molecule has 102 valence electrons. The van der Waals surface area contributed by atoms with Gasteiger partial charge in [0.05, 0.1) is 11.4 Å². The van der Waals surface area contributed by atoms with Crippen LogP contribution in [0.4, 0.5) is 0 Å². The van der Waals surface area contributed by atoms with Gasteiger partial charge in [-0.3, -0.25) is 4.68 Å². The summed E-state index contributed by atoms with van der Waals surface area (Å²) in [6.45, 7) is 3.17. The second kappa shape index (κ2) is 5.84. The summed E-state index contributed by atoms with van der Waals surface area (Å²) in [6, 6.07) is 2.67. The van der Waals surface area contributed by atoms with Crippen molar-refractivity contribution in [2.24, 2.45) is 0 Å². The lowest BCUT2D eigenvalue weighted by Crippen LogP contribution is -2.16. The number of nitrogens with zero attached hydrogens (tertiary/aromatic N) is 2. The quantitative estimate of drug-likeness (QED) is 0.765. The van der Waals surface area contributed by atoms with Crippen molar-refractivity contribution in [3.8, 4) is 0 Å². The summed E-state index contributed by atoms with van der Waals surface area (Å²) in [6.07, 6.45) is 5.10. The number of rotatable bonds is 8. The Kier molecular flexibility index (Phi) is 4.40. The van der Waals surface area contributed by atoms with Crippen LogP contribution in [0.15, 0.2) is 12.3 Å². The lowest BCUT2D eigenvalue weighted by molar-refractivity contribution is 0.565. The van der Waals surface area contributed by atoms with Crippen LogP contribution in [0, 0.1) is 0 Å². The minimum atomic E-state index is -2.85. The second-order valence-electron chi connectivity index (χ2n) is 4.82. The first-order valence-corrected chi connectivity index (χ1v) is 8.37. The van der Waals surface area contributed by atoms with Crippen LogP contribution >= 0.6 is 0 Å². The van der Waals surface area contributed by atoms with Gasteiger partial charge in [-0.2, -0.15) is 5.10 Å². The molecule has 0 saturated heterocycles. The summed E-state index contributed by atoms with van der Waals surface area (Å²) < 4.78 is 24.5. The Morgan fingerprint density at radius 2 is 2.28 bits per heavy atom. The van der Waals surface area contributed by atoms with Gasteiger partial charge in [-0.05, 0) is 25.3 Å². The van der Waals surface area contributed by atoms with E-state index in [1.165, 1.54) is 12.8 Å². The predicted octanol–water partition coefficient (Wildman–Crippen LogP) is 0.960. The third-order valence-corrected chi connectivity index (χ3v) is 4.92. The minimum Gasteiger partial charge on any atom is -0.308 e. The molecule has 1 N–H and O–H groups in total. The van der Waals surface area contributed by atoms with Gasteiger partial charge in [0, 0.05) is 31.1 Å². The molecule has 6 heteroatoms. The van der Waals surface area contributed by atoms with Crippen molar-refractivity contribution in [3.05, 3.63) is 18.0 Å². The molecule has 1 saturated carbocycles. The fraction of sp³-hybridized carbons (Fsp3) is 0.750. The molecule has 1 fully saturated rings. The highest BCUT2D eigenvalue weighted by Crippen LogP contribution is 2.18. The Balaban J connectivity index is 1.72. The maximum atomic E-state index is 11.3. The molecule has 1 aliphatic rings. The minimum absolute atomic E-state index is 0.225. The summed E-state index contributed by atoms with van der Waals surface area (Å²) in [4.78, 5) is 0. The standard InChI is InChI=1S/C12H21N3O2S/c1-2-18(16,17)9-3-7-15-8-6-12(14-15)10-13-11-4-5-11/h6,8,11,13H,2-5,7,9-10H2,1H3. The molecule has 1 aromatic rings. The van der Waals surface area contributed by atoms with Crippen LogP contribution in [0.2, 0.25) is 0 Å². The largest absolute Gasteiger partial charge is 0.308 e. The van der Waals surface area contributed by atoms with Crippen molar-refractivity contribution in [3.63, 3.8) is 0 Å². The topological polar surface area (TPSA) is 64.0 Å². The molecule has 0 bridgehead atoms. The number of sulfone groups is 1. The van der Waals surface area contributed by atoms with Crippen LogP contribution < -0.4 is 5.32 Å². The van der Waals surface area contributed by atoms with E-state index in [-0.39, 0.29) is 11.5 Å². The van der Waals surface area contributed by atoms with Gasteiger partial charge >= 0.3 is 0 Å². The maximum absolute atomic E-state index is 11.3. The van der Waals surface area contributed by atoms with Crippen molar-refractivity contribution < 1.29 is 8.42 Å². The van der Waals surface area contributed by atoms with E-state index >= 15 is 0 Å². The third-order valence-electron chi connectivity index (χ3n) is 3.13. The molecule has 0 aliphatic heterocycles. The van der Waals surface area contributed by atoms with E-state index in [9.17, 15) is 8.42 Å². The van der Waals surface area contributed by atoms with E-state index in [0.29, 0.717) is 19.0 Å². The van der Waals surface area contributed by atoms with Gasteiger partial charge in [0.1, 0.15) is 9.84 Å². The SMILES string of the molecule is CCS(=O)(=O)CCCn1ccc(CNC2CC2)n1. The number of hydrogen-bond donors (Lipinski definition) is 1. The average Bonchev–Trinajstić information content (AvgIpc) is 3.07. The highest BCUT2D eigenvalue weighted by Gasteiger charge is 2.20. The van der Waals surface area contributed by atoms with Gasteiger partial charge in [0.2, 0.25) is 0 Å². The van der Waals surface area contributed by atoms with Crippen molar-refractivity contribution in [1.29, 1.82) is 0 Å². The van der Waals surface area contributed by atoms with Crippen LogP contribution in [0.25, 0.3) is 0 Å². The van der Waals surface area contributed by atoms with E-state index < -0.39 is 9.84 Å². The lowest BCUT2D eigenvalue weighted by Gasteiger charge is -2.02. The van der Waals surface area contributed by atoms with Gasteiger partial charge in [-0.25, -0.2) is 8.42 Å². The number of aromatic nitrogens is 2. The van der Waals surface area contributed by atoms with Gasteiger partial charge in [-0.1, -0.05) is 6.92 Å². The Hall–Kier alpha value is -0.880.